The molecule has 0 radical (unpaired) electrons. The van der Waals surface area contributed by atoms with Crippen molar-refractivity contribution in [3.8, 4) is 17.0 Å². The van der Waals surface area contributed by atoms with Crippen molar-refractivity contribution in [1.82, 2.24) is 14.5 Å². The van der Waals surface area contributed by atoms with Gasteiger partial charge in [-0.25, -0.2) is 9.78 Å². The Hall–Kier alpha value is -3.10. The normalized spacial score (nSPS) is 11.7. The topological polar surface area (TPSA) is 66.2 Å². The van der Waals surface area contributed by atoms with E-state index in [9.17, 15) is 18.0 Å². The van der Waals surface area contributed by atoms with Crippen LogP contribution in [0.15, 0.2) is 30.5 Å². The number of carbonyl (C=O) groups is 1. The summed E-state index contributed by atoms with van der Waals surface area (Å²) >= 11 is 0. The van der Waals surface area contributed by atoms with Crippen molar-refractivity contribution in [3.05, 3.63) is 41.9 Å². The van der Waals surface area contributed by atoms with Gasteiger partial charge in [-0.3, -0.25) is 4.98 Å². The minimum atomic E-state index is -4.56. The predicted molar refractivity (Wildman–Crippen MR) is 101 cm³/mol. The largest absolute Gasteiger partial charge is 0.481 e. The predicted octanol–water partition coefficient (Wildman–Crippen LogP) is 4.32. The third-order valence-electron chi connectivity index (χ3n) is 4.32. The first-order valence-electron chi connectivity index (χ1n) is 9.07. The molecule has 154 valence electrons. The zero-order chi connectivity index (χ0) is 21.2. The number of aryl methyl sites for hydroxylation is 2. The molecule has 0 N–H and O–H groups in total. The molecule has 0 saturated heterocycles. The molecule has 0 amide bonds. The van der Waals surface area contributed by atoms with Gasteiger partial charge in [0.1, 0.15) is 5.65 Å². The maximum atomic E-state index is 12.8. The Kier molecular flexibility index (Phi) is 5.76. The Morgan fingerprint density at radius 2 is 2.00 bits per heavy atom. The van der Waals surface area contributed by atoms with E-state index >= 15 is 0 Å². The number of esters is 1. The second-order valence-electron chi connectivity index (χ2n) is 6.28. The van der Waals surface area contributed by atoms with Gasteiger partial charge in [-0.05, 0) is 31.5 Å². The third kappa shape index (κ3) is 4.18. The van der Waals surface area contributed by atoms with Crippen molar-refractivity contribution in [3.63, 3.8) is 0 Å². The van der Waals surface area contributed by atoms with E-state index < -0.39 is 18.8 Å². The fourth-order valence-electron chi connectivity index (χ4n) is 3.09. The highest BCUT2D eigenvalue weighted by molar-refractivity contribution is 6.01. The number of pyridine rings is 2. The Balaban J connectivity index is 2.27. The van der Waals surface area contributed by atoms with Gasteiger partial charge in [0.15, 0.2) is 18.1 Å². The summed E-state index contributed by atoms with van der Waals surface area (Å²) in [7, 11) is 1.54. The van der Waals surface area contributed by atoms with Crippen LogP contribution < -0.4 is 4.74 Å². The second-order valence-corrected chi connectivity index (χ2v) is 6.28. The van der Waals surface area contributed by atoms with Crippen LogP contribution in [-0.4, -0.2) is 39.9 Å². The number of fused-ring (bicyclic) bond motifs is 1. The highest BCUT2D eigenvalue weighted by atomic mass is 19.4. The minimum Gasteiger partial charge on any atom is -0.481 e. The molecule has 3 aromatic rings. The molecule has 3 rings (SSSR count). The van der Waals surface area contributed by atoms with Gasteiger partial charge in [-0.1, -0.05) is 13.0 Å². The zero-order valence-electron chi connectivity index (χ0n) is 16.2. The van der Waals surface area contributed by atoms with Gasteiger partial charge in [0.25, 0.3) is 0 Å². The maximum Gasteiger partial charge on any atom is 0.422 e. The number of ether oxygens (including phenoxy) is 2. The molecule has 0 atom stereocenters. The fourth-order valence-corrected chi connectivity index (χ4v) is 3.09. The Morgan fingerprint density at radius 3 is 2.59 bits per heavy atom. The number of hydrogen-bond acceptors (Lipinski definition) is 5. The summed E-state index contributed by atoms with van der Waals surface area (Å²) in [5.41, 5.74) is 2.22. The number of aromatic nitrogens is 3. The van der Waals surface area contributed by atoms with Crippen molar-refractivity contribution >= 4 is 17.0 Å². The van der Waals surface area contributed by atoms with E-state index in [1.54, 1.807) is 38.4 Å². The SMILES string of the molecule is CCOC(=O)c1c(OCC(F)(F)F)c2cc(-c3ccccn3)c(CC)nc2n1C. The second kappa shape index (κ2) is 8.10. The lowest BCUT2D eigenvalue weighted by molar-refractivity contribution is -0.153. The van der Waals surface area contributed by atoms with Gasteiger partial charge < -0.3 is 14.0 Å². The van der Waals surface area contributed by atoms with Crippen LogP contribution in [0.3, 0.4) is 0 Å². The highest BCUT2D eigenvalue weighted by Crippen LogP contribution is 2.37. The summed E-state index contributed by atoms with van der Waals surface area (Å²) in [6.45, 7) is 2.07. The Bertz CT molecular complexity index is 1030. The zero-order valence-corrected chi connectivity index (χ0v) is 16.2. The maximum absolute atomic E-state index is 12.8. The number of rotatable bonds is 6. The summed E-state index contributed by atoms with van der Waals surface area (Å²) < 4.78 is 49.9. The van der Waals surface area contributed by atoms with Crippen LogP contribution >= 0.6 is 0 Å². The molecule has 0 aromatic carbocycles. The lowest BCUT2D eigenvalue weighted by atomic mass is 10.1. The molecule has 0 aliphatic carbocycles. The average molecular weight is 407 g/mol. The number of carbonyl (C=O) groups excluding carboxylic acids is 1. The minimum absolute atomic E-state index is 0.0753. The van der Waals surface area contributed by atoms with Crippen LogP contribution in [-0.2, 0) is 18.2 Å². The van der Waals surface area contributed by atoms with Gasteiger partial charge in [-0.2, -0.15) is 13.2 Å². The molecule has 0 spiro atoms. The van der Waals surface area contributed by atoms with E-state index in [2.05, 4.69) is 9.97 Å². The van der Waals surface area contributed by atoms with E-state index in [1.807, 2.05) is 13.0 Å². The van der Waals surface area contributed by atoms with Crippen LogP contribution in [0.25, 0.3) is 22.3 Å². The van der Waals surface area contributed by atoms with Gasteiger partial charge in [0.2, 0.25) is 0 Å². The smallest absolute Gasteiger partial charge is 0.422 e. The van der Waals surface area contributed by atoms with Crippen LogP contribution in [0, 0.1) is 0 Å². The van der Waals surface area contributed by atoms with Crippen LogP contribution in [0.4, 0.5) is 13.2 Å². The summed E-state index contributed by atoms with van der Waals surface area (Å²) in [6, 6.07) is 7.02. The molecule has 0 bridgehead atoms. The number of nitrogens with zero attached hydrogens (tertiary/aromatic N) is 3. The Morgan fingerprint density at radius 1 is 1.24 bits per heavy atom. The van der Waals surface area contributed by atoms with Gasteiger partial charge in [0.05, 0.1) is 23.4 Å². The third-order valence-corrected chi connectivity index (χ3v) is 4.32. The average Bonchev–Trinajstić information content (AvgIpc) is 2.97. The first-order chi connectivity index (χ1) is 13.8. The molecular weight excluding hydrogens is 387 g/mol. The lowest BCUT2D eigenvalue weighted by Crippen LogP contribution is -2.20. The highest BCUT2D eigenvalue weighted by Gasteiger charge is 2.32. The molecule has 9 heteroatoms. The number of alkyl halides is 3. The van der Waals surface area contributed by atoms with E-state index in [1.165, 1.54) is 4.57 Å². The quantitative estimate of drug-likeness (QED) is 0.570. The monoisotopic (exact) mass is 407 g/mol. The van der Waals surface area contributed by atoms with Gasteiger partial charge >= 0.3 is 12.1 Å². The van der Waals surface area contributed by atoms with Gasteiger partial charge in [0, 0.05) is 18.8 Å². The molecule has 29 heavy (non-hydrogen) atoms. The van der Waals surface area contributed by atoms with Crippen LogP contribution in [0.1, 0.15) is 30.0 Å². The van der Waals surface area contributed by atoms with Crippen molar-refractivity contribution < 1.29 is 27.4 Å². The molecule has 3 heterocycles. The molecule has 0 aliphatic heterocycles. The summed E-state index contributed by atoms with van der Waals surface area (Å²) in [5, 5.41) is 0.289. The van der Waals surface area contributed by atoms with Crippen LogP contribution in [0.2, 0.25) is 0 Å². The fraction of sp³-hybridized carbons (Fsp3) is 0.350. The number of hydrogen-bond donors (Lipinski definition) is 0. The molecule has 0 fully saturated rings. The molecule has 0 aliphatic rings. The summed E-state index contributed by atoms with van der Waals surface area (Å²) in [5.74, 6) is -0.979. The standard InChI is InChI=1S/C20H20F3N3O3/c1-4-14-12(15-8-6-7-9-24-15)10-13-17(29-11-20(21,22)23)16(19(27)28-5-2)26(3)18(13)25-14/h6-10H,4-5,11H2,1-3H3. The summed E-state index contributed by atoms with van der Waals surface area (Å²) in [4.78, 5) is 21.4. The number of halogens is 3. The molecular formula is C20H20F3N3O3. The molecule has 0 saturated carbocycles. The first-order valence-corrected chi connectivity index (χ1v) is 9.07. The van der Waals surface area contributed by atoms with E-state index in [0.717, 1.165) is 0 Å². The first kappa shape index (κ1) is 20.6. The molecule has 3 aromatic heterocycles. The summed E-state index contributed by atoms with van der Waals surface area (Å²) in [6.07, 6.45) is -2.37. The Labute approximate surface area is 165 Å². The van der Waals surface area contributed by atoms with E-state index in [-0.39, 0.29) is 23.4 Å². The van der Waals surface area contributed by atoms with Crippen molar-refractivity contribution in [2.45, 2.75) is 26.4 Å². The van der Waals surface area contributed by atoms with E-state index in [0.29, 0.717) is 29.0 Å². The molecule has 6 nitrogen and oxygen atoms in total. The van der Waals surface area contributed by atoms with Gasteiger partial charge in [-0.15, -0.1) is 0 Å². The van der Waals surface area contributed by atoms with Crippen LogP contribution in [0.5, 0.6) is 5.75 Å². The van der Waals surface area contributed by atoms with E-state index in [4.69, 9.17) is 9.47 Å². The van der Waals surface area contributed by atoms with Crippen molar-refractivity contribution in [1.29, 1.82) is 0 Å². The van der Waals surface area contributed by atoms with Crippen molar-refractivity contribution in [2.24, 2.45) is 7.05 Å². The van der Waals surface area contributed by atoms with Crippen molar-refractivity contribution in [2.75, 3.05) is 13.2 Å². The lowest BCUT2D eigenvalue weighted by Gasteiger charge is -2.11. The molecule has 0 unspecified atom stereocenters.